The summed E-state index contributed by atoms with van der Waals surface area (Å²) >= 11 is 0. The normalized spacial score (nSPS) is 10.7. The first-order chi connectivity index (χ1) is 12.5. The number of hydrogen-bond donors (Lipinski definition) is 2. The number of amides is 1. The van der Waals surface area contributed by atoms with E-state index in [9.17, 15) is 9.59 Å². The lowest BCUT2D eigenvalue weighted by molar-refractivity contribution is 0.203. The van der Waals surface area contributed by atoms with Gasteiger partial charge in [0.1, 0.15) is 17.0 Å². The Kier molecular flexibility index (Phi) is 4.78. The number of benzene rings is 1. The molecule has 134 valence electrons. The van der Waals surface area contributed by atoms with Crippen molar-refractivity contribution in [1.82, 2.24) is 19.9 Å². The SMILES string of the molecule is CCCOc1ccccc1-c1nc2nc(N(C)C(=O)O)ncc2c(=O)[nH]1. The third-order valence-electron chi connectivity index (χ3n) is 3.64. The van der Waals surface area contributed by atoms with Crippen molar-refractivity contribution in [3.63, 3.8) is 0 Å². The molecule has 9 heteroatoms. The molecule has 3 rings (SSSR count). The molecule has 3 aromatic rings. The van der Waals surface area contributed by atoms with Crippen LogP contribution in [-0.2, 0) is 0 Å². The highest BCUT2D eigenvalue weighted by Crippen LogP contribution is 2.27. The van der Waals surface area contributed by atoms with Crippen molar-refractivity contribution >= 4 is 23.1 Å². The minimum atomic E-state index is -1.22. The summed E-state index contributed by atoms with van der Waals surface area (Å²) in [6, 6.07) is 7.21. The number of hydrogen-bond acceptors (Lipinski definition) is 6. The van der Waals surface area contributed by atoms with Crippen LogP contribution in [0.4, 0.5) is 10.7 Å². The first-order valence-electron chi connectivity index (χ1n) is 7.97. The predicted molar refractivity (Wildman–Crippen MR) is 95.6 cm³/mol. The molecule has 1 aromatic carbocycles. The Hall–Kier alpha value is -3.49. The lowest BCUT2D eigenvalue weighted by Crippen LogP contribution is -2.26. The van der Waals surface area contributed by atoms with Crippen LogP contribution < -0.4 is 15.2 Å². The number of nitrogens with one attached hydrogen (secondary N) is 1. The van der Waals surface area contributed by atoms with E-state index < -0.39 is 11.7 Å². The van der Waals surface area contributed by atoms with E-state index in [0.29, 0.717) is 17.9 Å². The quantitative estimate of drug-likeness (QED) is 0.720. The average molecular weight is 355 g/mol. The van der Waals surface area contributed by atoms with Gasteiger partial charge in [0, 0.05) is 13.2 Å². The molecule has 0 aliphatic carbocycles. The van der Waals surface area contributed by atoms with Gasteiger partial charge >= 0.3 is 6.09 Å². The van der Waals surface area contributed by atoms with E-state index >= 15 is 0 Å². The summed E-state index contributed by atoms with van der Waals surface area (Å²) in [5.41, 5.74) is 0.304. The number of ether oxygens (including phenoxy) is 1. The van der Waals surface area contributed by atoms with Crippen molar-refractivity contribution in [3.8, 4) is 17.1 Å². The zero-order valence-electron chi connectivity index (χ0n) is 14.3. The molecule has 0 radical (unpaired) electrons. The molecule has 0 aliphatic heterocycles. The number of anilines is 1. The average Bonchev–Trinajstić information content (AvgIpc) is 2.65. The van der Waals surface area contributed by atoms with Crippen LogP contribution in [0.3, 0.4) is 0 Å². The summed E-state index contributed by atoms with van der Waals surface area (Å²) in [4.78, 5) is 39.4. The third kappa shape index (κ3) is 3.32. The molecule has 2 N–H and O–H groups in total. The van der Waals surface area contributed by atoms with Crippen LogP contribution in [0.5, 0.6) is 5.75 Å². The monoisotopic (exact) mass is 355 g/mol. The minimum absolute atomic E-state index is 0.0652. The number of H-pyrrole nitrogens is 1. The van der Waals surface area contributed by atoms with Crippen LogP contribution in [0.2, 0.25) is 0 Å². The van der Waals surface area contributed by atoms with Gasteiger partial charge < -0.3 is 14.8 Å². The van der Waals surface area contributed by atoms with E-state index in [1.54, 1.807) is 12.1 Å². The van der Waals surface area contributed by atoms with Crippen LogP contribution in [0, 0.1) is 0 Å². The summed E-state index contributed by atoms with van der Waals surface area (Å²) < 4.78 is 5.71. The van der Waals surface area contributed by atoms with E-state index in [4.69, 9.17) is 9.84 Å². The fourth-order valence-corrected chi connectivity index (χ4v) is 2.29. The molecule has 2 aromatic heterocycles. The van der Waals surface area contributed by atoms with Crippen molar-refractivity contribution in [2.45, 2.75) is 13.3 Å². The fraction of sp³-hybridized carbons (Fsp3) is 0.235. The topological polar surface area (TPSA) is 121 Å². The number of carbonyl (C=O) groups is 1. The van der Waals surface area contributed by atoms with Gasteiger partial charge in [-0.05, 0) is 18.6 Å². The van der Waals surface area contributed by atoms with Gasteiger partial charge in [0.05, 0.1) is 12.2 Å². The summed E-state index contributed by atoms with van der Waals surface area (Å²) in [5, 5.41) is 9.22. The van der Waals surface area contributed by atoms with Gasteiger partial charge in [-0.15, -0.1) is 0 Å². The molecular formula is C17H17N5O4. The van der Waals surface area contributed by atoms with E-state index in [1.165, 1.54) is 13.2 Å². The summed E-state index contributed by atoms with van der Waals surface area (Å²) in [6.45, 7) is 2.53. The van der Waals surface area contributed by atoms with E-state index in [2.05, 4.69) is 19.9 Å². The first kappa shape index (κ1) is 17.3. The fourth-order valence-electron chi connectivity index (χ4n) is 2.29. The molecule has 0 fully saturated rings. The largest absolute Gasteiger partial charge is 0.493 e. The Bertz CT molecular complexity index is 1020. The summed E-state index contributed by atoms with van der Waals surface area (Å²) in [5.74, 6) is 0.815. The molecule has 26 heavy (non-hydrogen) atoms. The second-order valence-corrected chi connectivity index (χ2v) is 5.51. The molecule has 0 aliphatic rings. The first-order valence-corrected chi connectivity index (χ1v) is 7.97. The molecule has 0 bridgehead atoms. The molecule has 0 saturated carbocycles. The van der Waals surface area contributed by atoms with E-state index in [-0.39, 0.29) is 22.8 Å². The standard InChI is InChI=1S/C17H17N5O4/c1-3-8-26-12-7-5-4-6-10(12)13-19-14-11(15(23)20-13)9-18-16(21-14)22(2)17(24)25/h4-7,9H,3,8H2,1-2H3,(H,24,25)(H,18,19,20,21,23). The highest BCUT2D eigenvalue weighted by molar-refractivity contribution is 5.84. The molecule has 2 heterocycles. The van der Waals surface area contributed by atoms with Gasteiger partial charge in [-0.25, -0.2) is 19.7 Å². The number of carboxylic acid groups (broad SMARTS) is 1. The van der Waals surface area contributed by atoms with Crippen LogP contribution in [0.25, 0.3) is 22.4 Å². The Morgan fingerprint density at radius 1 is 1.31 bits per heavy atom. The minimum Gasteiger partial charge on any atom is -0.493 e. The lowest BCUT2D eigenvalue weighted by atomic mass is 10.2. The second kappa shape index (κ2) is 7.18. The molecule has 0 saturated heterocycles. The Labute approximate surface area is 148 Å². The summed E-state index contributed by atoms with van der Waals surface area (Å²) in [7, 11) is 1.31. The second-order valence-electron chi connectivity index (χ2n) is 5.51. The number of nitrogens with zero attached hydrogens (tertiary/aromatic N) is 4. The van der Waals surface area contributed by atoms with Gasteiger partial charge in [-0.1, -0.05) is 19.1 Å². The smallest absolute Gasteiger partial charge is 0.413 e. The van der Waals surface area contributed by atoms with E-state index in [0.717, 1.165) is 11.3 Å². The number of para-hydroxylation sites is 1. The number of rotatable bonds is 5. The maximum atomic E-state index is 12.4. The highest BCUT2D eigenvalue weighted by Gasteiger charge is 2.16. The molecule has 0 atom stereocenters. The predicted octanol–water partition coefficient (Wildman–Crippen LogP) is 2.28. The molecule has 1 amide bonds. The molecule has 9 nitrogen and oxygen atoms in total. The molecular weight excluding hydrogens is 338 g/mol. The highest BCUT2D eigenvalue weighted by atomic mass is 16.5. The Balaban J connectivity index is 2.13. The van der Waals surface area contributed by atoms with Gasteiger partial charge in [-0.2, -0.15) is 4.98 Å². The zero-order chi connectivity index (χ0) is 18.7. The molecule has 0 spiro atoms. The van der Waals surface area contributed by atoms with Crippen LogP contribution in [0.1, 0.15) is 13.3 Å². The Morgan fingerprint density at radius 2 is 2.08 bits per heavy atom. The van der Waals surface area contributed by atoms with Crippen molar-refractivity contribution in [3.05, 3.63) is 40.8 Å². The lowest BCUT2D eigenvalue weighted by Gasteiger charge is -2.12. The van der Waals surface area contributed by atoms with Crippen LogP contribution in [-0.4, -0.2) is 44.8 Å². The third-order valence-corrected chi connectivity index (χ3v) is 3.64. The zero-order valence-corrected chi connectivity index (χ0v) is 14.3. The Morgan fingerprint density at radius 3 is 2.81 bits per heavy atom. The maximum absolute atomic E-state index is 12.4. The van der Waals surface area contributed by atoms with Gasteiger partial charge in [0.2, 0.25) is 5.95 Å². The van der Waals surface area contributed by atoms with Crippen LogP contribution in [0.15, 0.2) is 35.3 Å². The van der Waals surface area contributed by atoms with Crippen LogP contribution >= 0.6 is 0 Å². The van der Waals surface area contributed by atoms with E-state index in [1.807, 2.05) is 19.1 Å². The number of fused-ring (bicyclic) bond motifs is 1. The molecule has 0 unspecified atom stereocenters. The van der Waals surface area contributed by atoms with Crippen molar-refractivity contribution in [2.75, 3.05) is 18.6 Å². The van der Waals surface area contributed by atoms with Gasteiger partial charge in [0.15, 0.2) is 5.65 Å². The van der Waals surface area contributed by atoms with Crippen molar-refractivity contribution < 1.29 is 14.6 Å². The van der Waals surface area contributed by atoms with Gasteiger partial charge in [0.25, 0.3) is 5.56 Å². The van der Waals surface area contributed by atoms with Gasteiger partial charge in [-0.3, -0.25) is 4.79 Å². The number of aromatic amines is 1. The summed E-state index contributed by atoms with van der Waals surface area (Å²) in [6.07, 6.45) is 0.882. The van der Waals surface area contributed by atoms with Crippen molar-refractivity contribution in [1.29, 1.82) is 0 Å². The van der Waals surface area contributed by atoms with Crippen molar-refractivity contribution in [2.24, 2.45) is 0 Å². The number of aromatic nitrogens is 4. The maximum Gasteiger partial charge on any atom is 0.413 e.